The molecule has 2 saturated carbocycles. The van der Waals surface area contributed by atoms with E-state index in [0.717, 1.165) is 17.8 Å². The van der Waals surface area contributed by atoms with Gasteiger partial charge >= 0.3 is 0 Å². The molecule has 0 aliphatic heterocycles. The Bertz CT molecular complexity index is 312. The molecule has 0 saturated heterocycles. The molecule has 4 unspecified atom stereocenters. The maximum absolute atomic E-state index is 3.74. The van der Waals surface area contributed by atoms with Crippen LogP contribution in [0.5, 0.6) is 0 Å². The van der Waals surface area contributed by atoms with Crippen LogP contribution in [0, 0.1) is 28.6 Å². The van der Waals surface area contributed by atoms with Crippen LogP contribution in [-0.4, -0.2) is 12.1 Å². The Hall–Kier alpha value is -0.0400. The van der Waals surface area contributed by atoms with E-state index in [1.54, 1.807) is 0 Å². The first-order chi connectivity index (χ1) is 8.11. The molecule has 2 rings (SSSR count). The first-order valence-corrected chi connectivity index (χ1v) is 7.86. The van der Waals surface area contributed by atoms with Crippen LogP contribution >= 0.6 is 0 Å². The van der Waals surface area contributed by atoms with Gasteiger partial charge in [0.15, 0.2) is 0 Å². The minimum Gasteiger partial charge on any atom is -0.312 e. The summed E-state index contributed by atoms with van der Waals surface area (Å²) in [5, 5.41) is 3.74. The summed E-state index contributed by atoms with van der Waals surface area (Å²) in [5.74, 6) is 2.73. The van der Waals surface area contributed by atoms with E-state index in [4.69, 9.17) is 0 Å². The van der Waals surface area contributed by atoms with Crippen molar-refractivity contribution in [3.8, 4) is 0 Å². The van der Waals surface area contributed by atoms with Crippen LogP contribution in [0.1, 0.15) is 67.7 Å². The molecule has 0 radical (unpaired) electrons. The van der Waals surface area contributed by atoms with Gasteiger partial charge in [-0.05, 0) is 68.7 Å². The Kier molecular flexibility index (Phi) is 3.38. The van der Waals surface area contributed by atoms with E-state index in [2.05, 4.69) is 53.8 Å². The molecule has 0 aromatic carbocycles. The molecule has 106 valence electrons. The fourth-order valence-corrected chi connectivity index (χ4v) is 4.99. The molecular formula is C17H33N. The van der Waals surface area contributed by atoms with Crippen LogP contribution < -0.4 is 5.32 Å². The Morgan fingerprint density at radius 3 is 2.28 bits per heavy atom. The van der Waals surface area contributed by atoms with Crippen molar-refractivity contribution >= 4 is 0 Å². The summed E-state index contributed by atoms with van der Waals surface area (Å²) in [5.41, 5.74) is 1.44. The Labute approximate surface area is 114 Å². The molecule has 0 amide bonds. The third-order valence-corrected chi connectivity index (χ3v) is 6.13. The third kappa shape index (κ3) is 2.13. The van der Waals surface area contributed by atoms with Crippen LogP contribution in [0.25, 0.3) is 0 Å². The summed E-state index contributed by atoms with van der Waals surface area (Å²) in [4.78, 5) is 0. The van der Waals surface area contributed by atoms with E-state index in [9.17, 15) is 0 Å². The molecule has 2 fully saturated rings. The molecule has 18 heavy (non-hydrogen) atoms. The normalized spacial score (nSPS) is 43.2. The summed E-state index contributed by atoms with van der Waals surface area (Å²) in [7, 11) is 0. The molecule has 1 heteroatoms. The van der Waals surface area contributed by atoms with Crippen LogP contribution in [0.4, 0.5) is 0 Å². The van der Waals surface area contributed by atoms with Gasteiger partial charge in [-0.1, -0.05) is 34.1 Å². The van der Waals surface area contributed by atoms with Crippen molar-refractivity contribution in [1.82, 2.24) is 5.32 Å². The van der Waals surface area contributed by atoms with Crippen LogP contribution in [0.15, 0.2) is 0 Å². The molecule has 1 N–H and O–H groups in total. The van der Waals surface area contributed by atoms with Crippen molar-refractivity contribution in [2.75, 3.05) is 6.54 Å². The summed E-state index contributed by atoms with van der Waals surface area (Å²) in [6.07, 6.45) is 4.34. The number of hydrogen-bond donors (Lipinski definition) is 1. The summed E-state index contributed by atoms with van der Waals surface area (Å²) >= 11 is 0. The molecule has 2 aliphatic carbocycles. The zero-order valence-electron chi connectivity index (χ0n) is 13.6. The Morgan fingerprint density at radius 2 is 1.78 bits per heavy atom. The van der Waals surface area contributed by atoms with Crippen LogP contribution in [-0.2, 0) is 0 Å². The van der Waals surface area contributed by atoms with Crippen molar-refractivity contribution < 1.29 is 0 Å². The first-order valence-electron chi connectivity index (χ1n) is 7.86. The molecule has 0 aromatic rings. The SMILES string of the molecule is CC1CCC2(C(C)C1)C(CNC(C)(C)C)C2(C)C. The smallest absolute Gasteiger partial charge is 0.00966 e. The van der Waals surface area contributed by atoms with Gasteiger partial charge in [0.1, 0.15) is 0 Å². The lowest BCUT2D eigenvalue weighted by molar-refractivity contribution is 0.137. The molecule has 0 heterocycles. The van der Waals surface area contributed by atoms with Crippen molar-refractivity contribution in [3.63, 3.8) is 0 Å². The fourth-order valence-electron chi connectivity index (χ4n) is 4.99. The predicted molar refractivity (Wildman–Crippen MR) is 79.6 cm³/mol. The van der Waals surface area contributed by atoms with Gasteiger partial charge in [0.05, 0.1) is 0 Å². The van der Waals surface area contributed by atoms with Gasteiger partial charge in [-0.25, -0.2) is 0 Å². The number of nitrogens with one attached hydrogen (secondary N) is 1. The summed E-state index contributed by atoms with van der Waals surface area (Å²) in [6.45, 7) is 18.0. The van der Waals surface area contributed by atoms with E-state index in [1.807, 2.05) is 0 Å². The standard InChI is InChI=1S/C17H33N/c1-12-8-9-17(13(2)10-12)14(16(17,6)7)11-18-15(3,4)5/h12-14,18H,8-11H2,1-7H3. The highest BCUT2D eigenvalue weighted by atomic mass is 15.0. The van der Waals surface area contributed by atoms with Gasteiger partial charge in [-0.15, -0.1) is 0 Å². The lowest BCUT2D eigenvalue weighted by Gasteiger charge is -2.36. The van der Waals surface area contributed by atoms with E-state index in [-0.39, 0.29) is 5.54 Å². The van der Waals surface area contributed by atoms with Gasteiger partial charge in [-0.3, -0.25) is 0 Å². The van der Waals surface area contributed by atoms with Crippen molar-refractivity contribution in [2.24, 2.45) is 28.6 Å². The highest BCUT2D eigenvalue weighted by molar-refractivity contribution is 5.20. The maximum Gasteiger partial charge on any atom is 0.00966 e. The predicted octanol–water partition coefficient (Wildman–Crippen LogP) is 4.47. The van der Waals surface area contributed by atoms with Gasteiger partial charge in [0.2, 0.25) is 0 Å². The maximum atomic E-state index is 3.74. The Morgan fingerprint density at radius 1 is 1.17 bits per heavy atom. The van der Waals surface area contributed by atoms with Gasteiger partial charge < -0.3 is 5.32 Å². The van der Waals surface area contributed by atoms with E-state index < -0.39 is 0 Å². The molecule has 4 atom stereocenters. The lowest BCUT2D eigenvalue weighted by atomic mass is 9.69. The highest BCUT2D eigenvalue weighted by Gasteiger charge is 2.72. The molecule has 2 aliphatic rings. The Balaban J connectivity index is 2.05. The molecular weight excluding hydrogens is 218 g/mol. The van der Waals surface area contributed by atoms with Crippen LogP contribution in [0.2, 0.25) is 0 Å². The fraction of sp³-hybridized carbons (Fsp3) is 1.00. The largest absolute Gasteiger partial charge is 0.312 e. The monoisotopic (exact) mass is 251 g/mol. The third-order valence-electron chi connectivity index (χ3n) is 6.13. The second-order valence-corrected chi connectivity index (χ2v) is 8.73. The van der Waals surface area contributed by atoms with Gasteiger partial charge in [0.25, 0.3) is 0 Å². The minimum absolute atomic E-state index is 0.255. The second-order valence-electron chi connectivity index (χ2n) is 8.73. The average Bonchev–Trinajstić information content (AvgIpc) is 2.66. The van der Waals surface area contributed by atoms with Gasteiger partial charge in [-0.2, -0.15) is 0 Å². The van der Waals surface area contributed by atoms with E-state index >= 15 is 0 Å². The molecule has 0 bridgehead atoms. The second kappa shape index (κ2) is 4.23. The zero-order chi connectivity index (χ0) is 13.8. The van der Waals surface area contributed by atoms with Crippen molar-refractivity contribution in [2.45, 2.75) is 73.3 Å². The highest BCUT2D eigenvalue weighted by Crippen LogP contribution is 2.76. The van der Waals surface area contributed by atoms with Crippen molar-refractivity contribution in [3.05, 3.63) is 0 Å². The molecule has 0 aromatic heterocycles. The number of rotatable bonds is 2. The van der Waals surface area contributed by atoms with Crippen molar-refractivity contribution in [1.29, 1.82) is 0 Å². The van der Waals surface area contributed by atoms with E-state index in [0.29, 0.717) is 10.8 Å². The minimum atomic E-state index is 0.255. The molecule has 1 nitrogen and oxygen atoms in total. The van der Waals surface area contributed by atoms with Crippen LogP contribution in [0.3, 0.4) is 0 Å². The zero-order valence-corrected chi connectivity index (χ0v) is 13.6. The topological polar surface area (TPSA) is 12.0 Å². The lowest BCUT2D eigenvalue weighted by Crippen LogP contribution is -2.38. The summed E-state index contributed by atoms with van der Waals surface area (Å²) in [6, 6.07) is 0. The van der Waals surface area contributed by atoms with E-state index in [1.165, 1.54) is 25.8 Å². The molecule has 1 spiro atoms. The quantitative estimate of drug-likeness (QED) is 0.763. The average molecular weight is 251 g/mol. The first kappa shape index (κ1) is 14.4. The summed E-state index contributed by atoms with van der Waals surface area (Å²) < 4.78 is 0. The number of hydrogen-bond acceptors (Lipinski definition) is 1. The van der Waals surface area contributed by atoms with Gasteiger partial charge in [0, 0.05) is 5.54 Å².